The molecule has 1 heterocycles. The van der Waals surface area contributed by atoms with E-state index in [1.165, 1.54) is 18.3 Å². The third kappa shape index (κ3) is 3.76. The molecule has 0 saturated heterocycles. The molecular formula is C11H10F3NO3. The average molecular weight is 261 g/mol. The van der Waals surface area contributed by atoms with E-state index in [1.54, 1.807) is 0 Å². The van der Waals surface area contributed by atoms with Crippen molar-refractivity contribution in [2.24, 2.45) is 0 Å². The molecule has 0 atom stereocenters. The Morgan fingerprint density at radius 1 is 1.56 bits per heavy atom. The summed E-state index contributed by atoms with van der Waals surface area (Å²) in [5, 5.41) is 8.39. The summed E-state index contributed by atoms with van der Waals surface area (Å²) in [5.74, 6) is -1.58. The van der Waals surface area contributed by atoms with E-state index in [4.69, 9.17) is 5.11 Å². The van der Waals surface area contributed by atoms with Gasteiger partial charge in [0.25, 0.3) is 0 Å². The molecule has 0 aromatic carbocycles. The molecule has 0 spiro atoms. The first-order chi connectivity index (χ1) is 8.34. The minimum Gasteiger partial charge on any atom is -0.481 e. The van der Waals surface area contributed by atoms with Crippen LogP contribution in [0.4, 0.5) is 13.2 Å². The van der Waals surface area contributed by atoms with Gasteiger partial charge in [0, 0.05) is 6.20 Å². The molecule has 7 heteroatoms. The molecule has 0 unspecified atom stereocenters. The van der Waals surface area contributed by atoms with Crippen LogP contribution in [0, 0.1) is 0 Å². The number of halogens is 3. The molecular weight excluding hydrogens is 251 g/mol. The maximum Gasteiger partial charge on any atom is 0.421 e. The van der Waals surface area contributed by atoms with Gasteiger partial charge in [-0.05, 0) is 11.6 Å². The Balaban J connectivity index is 3.03. The molecule has 0 bridgehead atoms. The number of methoxy groups -OCH3 is 1. The van der Waals surface area contributed by atoms with Crippen LogP contribution in [0.5, 0.6) is 5.88 Å². The summed E-state index contributed by atoms with van der Waals surface area (Å²) in [5.41, 5.74) is -0.841. The fraction of sp³-hybridized carbons (Fsp3) is 0.273. The fourth-order valence-corrected chi connectivity index (χ4v) is 1.22. The van der Waals surface area contributed by atoms with E-state index in [-0.39, 0.29) is 12.0 Å². The molecule has 0 saturated carbocycles. The van der Waals surface area contributed by atoms with E-state index in [2.05, 4.69) is 9.72 Å². The summed E-state index contributed by atoms with van der Waals surface area (Å²) < 4.78 is 42.4. The van der Waals surface area contributed by atoms with Gasteiger partial charge in [-0.1, -0.05) is 12.2 Å². The van der Waals surface area contributed by atoms with Crippen LogP contribution in [0.1, 0.15) is 17.5 Å². The molecule has 1 aromatic rings. The summed E-state index contributed by atoms with van der Waals surface area (Å²) in [6, 6.07) is 0.851. The van der Waals surface area contributed by atoms with Crippen molar-refractivity contribution in [2.45, 2.75) is 12.6 Å². The van der Waals surface area contributed by atoms with Gasteiger partial charge in [0.05, 0.1) is 13.5 Å². The molecule has 0 amide bonds. The third-order valence-corrected chi connectivity index (χ3v) is 1.97. The highest BCUT2D eigenvalue weighted by molar-refractivity contribution is 5.70. The highest BCUT2D eigenvalue weighted by Gasteiger charge is 2.35. The Bertz CT molecular complexity index is 469. The molecule has 0 aliphatic heterocycles. The van der Waals surface area contributed by atoms with Crippen LogP contribution >= 0.6 is 0 Å². The van der Waals surface area contributed by atoms with E-state index >= 15 is 0 Å². The predicted molar refractivity (Wildman–Crippen MR) is 57.1 cm³/mol. The number of rotatable bonds is 4. The van der Waals surface area contributed by atoms with E-state index < -0.39 is 23.6 Å². The zero-order valence-corrected chi connectivity index (χ0v) is 9.36. The second-order valence-corrected chi connectivity index (χ2v) is 3.32. The van der Waals surface area contributed by atoms with Gasteiger partial charge >= 0.3 is 12.1 Å². The number of carboxylic acid groups (broad SMARTS) is 1. The standard InChI is InChI=1S/C11H10F3NO3/c1-18-10-8(11(12,13)14)5-7(6-15-10)3-2-4-9(16)17/h2-3,5-6H,4H2,1H3,(H,16,17)/b3-2-. The van der Waals surface area contributed by atoms with Crippen molar-refractivity contribution in [1.29, 1.82) is 0 Å². The molecule has 0 fully saturated rings. The normalized spacial score (nSPS) is 11.8. The Labute approximate surface area is 101 Å². The van der Waals surface area contributed by atoms with E-state index in [9.17, 15) is 18.0 Å². The number of hydrogen-bond donors (Lipinski definition) is 1. The lowest BCUT2D eigenvalue weighted by molar-refractivity contribution is -0.139. The molecule has 1 aromatic heterocycles. The quantitative estimate of drug-likeness (QED) is 0.905. The first-order valence-corrected chi connectivity index (χ1v) is 4.84. The van der Waals surface area contributed by atoms with Gasteiger partial charge in [-0.3, -0.25) is 4.79 Å². The minimum absolute atomic E-state index is 0.157. The summed E-state index contributed by atoms with van der Waals surface area (Å²) >= 11 is 0. The Hall–Kier alpha value is -2.05. The summed E-state index contributed by atoms with van der Waals surface area (Å²) in [6.45, 7) is 0. The minimum atomic E-state index is -4.57. The van der Waals surface area contributed by atoms with Crippen LogP contribution < -0.4 is 4.74 Å². The van der Waals surface area contributed by atoms with Crippen LogP contribution in [0.25, 0.3) is 6.08 Å². The number of carboxylic acids is 1. The fourth-order valence-electron chi connectivity index (χ4n) is 1.22. The van der Waals surface area contributed by atoms with Crippen molar-refractivity contribution < 1.29 is 27.8 Å². The SMILES string of the molecule is COc1ncc(/C=C\CC(=O)O)cc1C(F)(F)F. The molecule has 1 N–H and O–H groups in total. The lowest BCUT2D eigenvalue weighted by Gasteiger charge is -2.11. The van der Waals surface area contributed by atoms with Crippen molar-refractivity contribution >= 4 is 12.0 Å². The molecule has 98 valence electrons. The first kappa shape index (κ1) is 14.0. The second-order valence-electron chi connectivity index (χ2n) is 3.32. The highest BCUT2D eigenvalue weighted by atomic mass is 19.4. The second kappa shape index (κ2) is 5.52. The zero-order chi connectivity index (χ0) is 13.8. The lowest BCUT2D eigenvalue weighted by atomic mass is 10.1. The smallest absolute Gasteiger partial charge is 0.421 e. The molecule has 0 aliphatic rings. The Morgan fingerprint density at radius 2 is 2.22 bits per heavy atom. The van der Waals surface area contributed by atoms with Gasteiger partial charge in [-0.15, -0.1) is 0 Å². The first-order valence-electron chi connectivity index (χ1n) is 4.84. The molecule has 0 aliphatic carbocycles. The van der Waals surface area contributed by atoms with Crippen molar-refractivity contribution in [2.75, 3.05) is 7.11 Å². The summed E-state index contributed by atoms with van der Waals surface area (Å²) in [7, 11) is 1.09. The molecule has 0 radical (unpaired) electrons. The zero-order valence-electron chi connectivity index (χ0n) is 9.36. The number of nitrogens with zero attached hydrogens (tertiary/aromatic N) is 1. The summed E-state index contributed by atoms with van der Waals surface area (Å²) in [6.07, 6.45) is -1.17. The molecule has 18 heavy (non-hydrogen) atoms. The maximum atomic E-state index is 12.6. The van der Waals surface area contributed by atoms with Gasteiger partial charge in [0.2, 0.25) is 5.88 Å². The van der Waals surface area contributed by atoms with Gasteiger partial charge in [0.15, 0.2) is 0 Å². The average Bonchev–Trinajstić information content (AvgIpc) is 2.27. The van der Waals surface area contributed by atoms with Crippen molar-refractivity contribution in [3.63, 3.8) is 0 Å². The summed E-state index contributed by atoms with van der Waals surface area (Å²) in [4.78, 5) is 13.8. The van der Waals surface area contributed by atoms with Crippen molar-refractivity contribution in [3.8, 4) is 5.88 Å². The van der Waals surface area contributed by atoms with Crippen LogP contribution in [0.2, 0.25) is 0 Å². The number of aromatic nitrogens is 1. The maximum absolute atomic E-state index is 12.6. The monoisotopic (exact) mass is 261 g/mol. The lowest BCUT2D eigenvalue weighted by Crippen LogP contribution is -2.09. The van der Waals surface area contributed by atoms with Crippen molar-refractivity contribution in [3.05, 3.63) is 29.5 Å². The van der Waals surface area contributed by atoms with E-state index in [1.807, 2.05) is 0 Å². The highest BCUT2D eigenvalue weighted by Crippen LogP contribution is 2.35. The Morgan fingerprint density at radius 3 is 2.72 bits per heavy atom. The number of hydrogen-bond acceptors (Lipinski definition) is 3. The van der Waals surface area contributed by atoms with E-state index in [0.717, 1.165) is 13.2 Å². The van der Waals surface area contributed by atoms with Gasteiger partial charge in [-0.2, -0.15) is 13.2 Å². The molecule has 4 nitrogen and oxygen atoms in total. The number of alkyl halides is 3. The van der Waals surface area contributed by atoms with Crippen LogP contribution in [0.3, 0.4) is 0 Å². The number of pyridine rings is 1. The largest absolute Gasteiger partial charge is 0.481 e. The topological polar surface area (TPSA) is 59.4 Å². The van der Waals surface area contributed by atoms with Crippen LogP contribution in [-0.2, 0) is 11.0 Å². The number of ether oxygens (including phenoxy) is 1. The number of aliphatic carboxylic acids is 1. The van der Waals surface area contributed by atoms with Gasteiger partial charge < -0.3 is 9.84 Å². The molecule has 1 rings (SSSR count). The van der Waals surface area contributed by atoms with Gasteiger partial charge in [-0.25, -0.2) is 4.98 Å². The van der Waals surface area contributed by atoms with Crippen LogP contribution in [0.15, 0.2) is 18.3 Å². The van der Waals surface area contributed by atoms with Crippen LogP contribution in [-0.4, -0.2) is 23.2 Å². The third-order valence-electron chi connectivity index (χ3n) is 1.97. The van der Waals surface area contributed by atoms with Gasteiger partial charge in [0.1, 0.15) is 5.56 Å². The van der Waals surface area contributed by atoms with Crippen molar-refractivity contribution in [1.82, 2.24) is 4.98 Å². The predicted octanol–water partition coefficient (Wildman–Crippen LogP) is 2.60. The number of carbonyl (C=O) groups is 1. The van der Waals surface area contributed by atoms with E-state index in [0.29, 0.717) is 0 Å². The Kier molecular flexibility index (Phi) is 4.30.